The van der Waals surface area contributed by atoms with Crippen molar-refractivity contribution in [2.24, 2.45) is 5.84 Å². The molecule has 1 fully saturated rings. The molecule has 0 aliphatic carbocycles. The smallest absolute Gasteiger partial charge is 0.215 e. The highest BCUT2D eigenvalue weighted by atomic mass is 16.5. The Kier molecular flexibility index (Phi) is 3.37. The summed E-state index contributed by atoms with van der Waals surface area (Å²) < 4.78 is 10.9. The summed E-state index contributed by atoms with van der Waals surface area (Å²) in [6, 6.07) is 5.42. The molecule has 1 aromatic rings. The lowest BCUT2D eigenvalue weighted by Gasteiger charge is -2.11. The molecule has 0 aromatic carbocycles. The molecule has 2 heterocycles. The summed E-state index contributed by atoms with van der Waals surface area (Å²) >= 11 is 0. The number of hydrogen-bond acceptors (Lipinski definition) is 5. The molecule has 3 N–H and O–H groups in total. The van der Waals surface area contributed by atoms with Gasteiger partial charge in [-0.2, -0.15) is 4.98 Å². The summed E-state index contributed by atoms with van der Waals surface area (Å²) in [5.41, 5.74) is 2.47. The fraction of sp³-hybridized carbons (Fsp3) is 0.500. The van der Waals surface area contributed by atoms with Crippen LogP contribution in [0.5, 0.6) is 5.88 Å². The molecule has 0 spiro atoms. The van der Waals surface area contributed by atoms with E-state index in [0.717, 1.165) is 19.4 Å². The number of ether oxygens (including phenoxy) is 2. The zero-order chi connectivity index (χ0) is 10.5. The number of anilines is 1. The number of nitrogens with two attached hydrogens (primary N) is 1. The van der Waals surface area contributed by atoms with Gasteiger partial charge in [-0.25, -0.2) is 5.84 Å². The van der Waals surface area contributed by atoms with E-state index in [-0.39, 0.29) is 6.10 Å². The summed E-state index contributed by atoms with van der Waals surface area (Å²) in [6.07, 6.45) is 2.39. The fourth-order valence-electron chi connectivity index (χ4n) is 1.53. The van der Waals surface area contributed by atoms with E-state index in [1.165, 1.54) is 0 Å². The van der Waals surface area contributed by atoms with Crippen molar-refractivity contribution in [3.63, 3.8) is 0 Å². The predicted molar refractivity (Wildman–Crippen MR) is 56.5 cm³/mol. The summed E-state index contributed by atoms with van der Waals surface area (Å²) in [5, 5.41) is 0. The van der Waals surface area contributed by atoms with E-state index < -0.39 is 0 Å². The van der Waals surface area contributed by atoms with E-state index in [1.54, 1.807) is 12.1 Å². The number of nitrogens with one attached hydrogen (secondary N) is 1. The molecule has 82 valence electrons. The molecule has 15 heavy (non-hydrogen) atoms. The molecule has 1 unspecified atom stereocenters. The highest BCUT2D eigenvalue weighted by molar-refractivity contribution is 5.35. The minimum Gasteiger partial charge on any atom is -0.475 e. The molecule has 0 bridgehead atoms. The van der Waals surface area contributed by atoms with E-state index >= 15 is 0 Å². The fourth-order valence-corrected chi connectivity index (χ4v) is 1.53. The maximum Gasteiger partial charge on any atom is 0.215 e. The largest absolute Gasteiger partial charge is 0.475 e. The number of rotatable bonds is 4. The van der Waals surface area contributed by atoms with Crippen LogP contribution in [0, 0.1) is 0 Å². The Labute approximate surface area is 88.6 Å². The number of aromatic nitrogens is 1. The van der Waals surface area contributed by atoms with Gasteiger partial charge < -0.3 is 14.9 Å². The average molecular weight is 209 g/mol. The van der Waals surface area contributed by atoms with Crippen LogP contribution in [0.4, 0.5) is 5.82 Å². The van der Waals surface area contributed by atoms with E-state index in [2.05, 4.69) is 10.4 Å². The SMILES string of the molecule is NNc1cccc(OCC2CCCO2)n1. The van der Waals surface area contributed by atoms with Crippen LogP contribution in [-0.2, 0) is 4.74 Å². The Morgan fingerprint density at radius 3 is 3.27 bits per heavy atom. The van der Waals surface area contributed by atoms with Gasteiger partial charge in [0.05, 0.1) is 6.10 Å². The molecule has 5 nitrogen and oxygen atoms in total. The highest BCUT2D eigenvalue weighted by Gasteiger charge is 2.16. The molecular weight excluding hydrogens is 194 g/mol. The van der Waals surface area contributed by atoms with Crippen LogP contribution < -0.4 is 16.0 Å². The molecule has 1 aliphatic rings. The first-order valence-electron chi connectivity index (χ1n) is 5.06. The Hall–Kier alpha value is -1.33. The first-order valence-corrected chi connectivity index (χ1v) is 5.06. The lowest BCUT2D eigenvalue weighted by molar-refractivity contribution is 0.0664. The third-order valence-electron chi connectivity index (χ3n) is 2.31. The van der Waals surface area contributed by atoms with Crippen LogP contribution in [0.3, 0.4) is 0 Å². The van der Waals surface area contributed by atoms with Crippen molar-refractivity contribution < 1.29 is 9.47 Å². The zero-order valence-corrected chi connectivity index (χ0v) is 8.48. The number of nitrogen functional groups attached to an aromatic ring is 1. The van der Waals surface area contributed by atoms with Gasteiger partial charge >= 0.3 is 0 Å². The Morgan fingerprint density at radius 1 is 1.60 bits per heavy atom. The van der Waals surface area contributed by atoms with Crippen LogP contribution in [0.1, 0.15) is 12.8 Å². The maximum atomic E-state index is 5.50. The van der Waals surface area contributed by atoms with Crippen molar-refractivity contribution in [2.75, 3.05) is 18.6 Å². The second-order valence-electron chi connectivity index (χ2n) is 3.45. The van der Waals surface area contributed by atoms with Gasteiger partial charge in [0.15, 0.2) is 0 Å². The molecule has 0 radical (unpaired) electrons. The minimum atomic E-state index is 0.210. The van der Waals surface area contributed by atoms with Gasteiger partial charge in [0.25, 0.3) is 0 Å². The van der Waals surface area contributed by atoms with Crippen LogP contribution in [0.25, 0.3) is 0 Å². The number of nitrogens with zero attached hydrogens (tertiary/aromatic N) is 1. The Bertz CT molecular complexity index is 313. The van der Waals surface area contributed by atoms with Gasteiger partial charge in [-0.1, -0.05) is 6.07 Å². The van der Waals surface area contributed by atoms with Crippen molar-refractivity contribution in [3.05, 3.63) is 18.2 Å². The zero-order valence-electron chi connectivity index (χ0n) is 8.48. The third kappa shape index (κ3) is 2.81. The summed E-state index contributed by atoms with van der Waals surface area (Å²) in [6.45, 7) is 1.40. The van der Waals surface area contributed by atoms with Crippen molar-refractivity contribution >= 4 is 5.82 Å². The topological polar surface area (TPSA) is 69.4 Å². The number of hydrogen-bond donors (Lipinski definition) is 2. The van der Waals surface area contributed by atoms with E-state index in [1.807, 2.05) is 6.07 Å². The van der Waals surface area contributed by atoms with Crippen LogP contribution in [0.15, 0.2) is 18.2 Å². The standard InChI is InChI=1S/C10H15N3O2/c11-13-9-4-1-5-10(12-9)15-7-8-3-2-6-14-8/h1,4-5,8H,2-3,6-7,11H2,(H,12,13). The molecule has 1 atom stereocenters. The summed E-state index contributed by atoms with van der Waals surface area (Å²) in [5.74, 6) is 6.41. The van der Waals surface area contributed by atoms with Gasteiger partial charge in [-0.3, -0.25) is 0 Å². The van der Waals surface area contributed by atoms with Crippen molar-refractivity contribution in [1.82, 2.24) is 4.98 Å². The summed E-state index contributed by atoms with van der Waals surface area (Å²) in [4.78, 5) is 4.14. The van der Waals surface area contributed by atoms with Crippen LogP contribution in [-0.4, -0.2) is 24.3 Å². The Balaban J connectivity index is 1.86. The second kappa shape index (κ2) is 4.95. The lowest BCUT2D eigenvalue weighted by atomic mass is 10.2. The first-order chi connectivity index (χ1) is 7.38. The monoisotopic (exact) mass is 209 g/mol. The molecule has 0 saturated carbocycles. The predicted octanol–water partition coefficient (Wildman–Crippen LogP) is 0.925. The lowest BCUT2D eigenvalue weighted by Crippen LogP contribution is -2.17. The van der Waals surface area contributed by atoms with Crippen LogP contribution >= 0.6 is 0 Å². The van der Waals surface area contributed by atoms with Crippen molar-refractivity contribution in [2.45, 2.75) is 18.9 Å². The van der Waals surface area contributed by atoms with E-state index in [9.17, 15) is 0 Å². The van der Waals surface area contributed by atoms with Crippen LogP contribution in [0.2, 0.25) is 0 Å². The van der Waals surface area contributed by atoms with Gasteiger partial charge in [0.1, 0.15) is 12.4 Å². The Morgan fingerprint density at radius 2 is 2.53 bits per heavy atom. The number of hydrazine groups is 1. The molecule has 1 aromatic heterocycles. The van der Waals surface area contributed by atoms with Crippen molar-refractivity contribution in [3.8, 4) is 5.88 Å². The van der Waals surface area contributed by atoms with E-state index in [0.29, 0.717) is 18.3 Å². The molecule has 5 heteroatoms. The summed E-state index contributed by atoms with van der Waals surface area (Å²) in [7, 11) is 0. The molecule has 1 aliphatic heterocycles. The number of pyridine rings is 1. The quantitative estimate of drug-likeness (QED) is 0.570. The average Bonchev–Trinajstić information content (AvgIpc) is 2.79. The van der Waals surface area contributed by atoms with Gasteiger partial charge in [0, 0.05) is 12.7 Å². The molecule has 0 amide bonds. The first kappa shape index (κ1) is 10.2. The maximum absolute atomic E-state index is 5.50. The van der Waals surface area contributed by atoms with Gasteiger partial charge in [-0.05, 0) is 18.9 Å². The third-order valence-corrected chi connectivity index (χ3v) is 2.31. The molecule has 2 rings (SSSR count). The van der Waals surface area contributed by atoms with Gasteiger partial charge in [-0.15, -0.1) is 0 Å². The normalized spacial score (nSPS) is 20.2. The minimum absolute atomic E-state index is 0.210. The molecular formula is C10H15N3O2. The second-order valence-corrected chi connectivity index (χ2v) is 3.45. The van der Waals surface area contributed by atoms with Crippen molar-refractivity contribution in [1.29, 1.82) is 0 Å². The van der Waals surface area contributed by atoms with Gasteiger partial charge in [0.2, 0.25) is 5.88 Å². The highest BCUT2D eigenvalue weighted by Crippen LogP contribution is 2.15. The molecule has 1 saturated heterocycles. The van der Waals surface area contributed by atoms with E-state index in [4.69, 9.17) is 15.3 Å².